The number of aromatic nitrogens is 4. The fraction of sp³-hybridized carbons (Fsp3) is 0.333. The molecular weight excluding hydrogens is 246 g/mol. The van der Waals surface area contributed by atoms with Crippen LogP contribution in [-0.2, 0) is 9.53 Å². The summed E-state index contributed by atoms with van der Waals surface area (Å²) < 4.78 is 6.79. The van der Waals surface area contributed by atoms with Crippen molar-refractivity contribution in [3.8, 4) is 0 Å². The highest BCUT2D eigenvalue weighted by Gasteiger charge is 2.31. The molecule has 3 rings (SSSR count). The van der Waals surface area contributed by atoms with Gasteiger partial charge in [0.25, 0.3) is 0 Å². The second-order valence-corrected chi connectivity index (χ2v) is 4.49. The smallest absolute Gasteiger partial charge is 0.302 e. The van der Waals surface area contributed by atoms with E-state index in [1.54, 1.807) is 6.33 Å². The summed E-state index contributed by atoms with van der Waals surface area (Å²) in [5.74, 6) is 0.426. The van der Waals surface area contributed by atoms with E-state index in [0.717, 1.165) is 6.42 Å². The standard InChI is InChI=1S/C12H13N5O2/c1-7(18)19-4-9-2-8(9)3-17-6-16-10-11(13)14-5-15-12(10)17/h3,5-6,9H,2,4H2,1H3,(H2,13,14,15)/b8-3-/t9-/m0/s1. The maximum absolute atomic E-state index is 10.7. The van der Waals surface area contributed by atoms with Crippen molar-refractivity contribution in [2.24, 2.45) is 5.92 Å². The van der Waals surface area contributed by atoms with E-state index in [-0.39, 0.29) is 5.97 Å². The van der Waals surface area contributed by atoms with E-state index < -0.39 is 0 Å². The van der Waals surface area contributed by atoms with Crippen molar-refractivity contribution in [2.75, 3.05) is 12.3 Å². The fourth-order valence-electron chi connectivity index (χ4n) is 1.91. The first kappa shape index (κ1) is 11.6. The predicted molar refractivity (Wildman–Crippen MR) is 68.7 cm³/mol. The van der Waals surface area contributed by atoms with Crippen LogP contribution in [-0.4, -0.2) is 32.1 Å². The van der Waals surface area contributed by atoms with E-state index in [0.29, 0.717) is 29.5 Å². The molecule has 7 heteroatoms. The summed E-state index contributed by atoms with van der Waals surface area (Å²) in [6, 6.07) is 0. The number of hydrogen-bond donors (Lipinski definition) is 1. The van der Waals surface area contributed by atoms with Gasteiger partial charge in [0.15, 0.2) is 17.0 Å². The number of imidazole rings is 1. The van der Waals surface area contributed by atoms with Gasteiger partial charge in [0.05, 0.1) is 6.61 Å². The van der Waals surface area contributed by atoms with Gasteiger partial charge in [0, 0.05) is 19.0 Å². The van der Waals surface area contributed by atoms with Crippen molar-refractivity contribution in [3.05, 3.63) is 18.2 Å². The van der Waals surface area contributed by atoms with Crippen LogP contribution in [0.5, 0.6) is 0 Å². The number of nitrogens with two attached hydrogens (primary N) is 1. The zero-order valence-corrected chi connectivity index (χ0v) is 10.4. The number of esters is 1. The van der Waals surface area contributed by atoms with Gasteiger partial charge in [-0.1, -0.05) is 0 Å². The molecule has 0 bridgehead atoms. The van der Waals surface area contributed by atoms with Crippen molar-refractivity contribution in [3.63, 3.8) is 0 Å². The lowest BCUT2D eigenvalue weighted by molar-refractivity contribution is -0.141. The summed E-state index contributed by atoms with van der Waals surface area (Å²) in [6.45, 7) is 1.85. The average molecular weight is 259 g/mol. The van der Waals surface area contributed by atoms with Crippen LogP contribution in [0, 0.1) is 5.92 Å². The van der Waals surface area contributed by atoms with E-state index in [2.05, 4.69) is 15.0 Å². The predicted octanol–water partition coefficient (Wildman–Crippen LogP) is 0.832. The molecule has 0 aliphatic heterocycles. The number of rotatable bonds is 3. The molecule has 0 spiro atoms. The summed E-state index contributed by atoms with van der Waals surface area (Å²) in [5, 5.41) is 0. The number of nitrogen functional groups attached to an aromatic ring is 1. The Morgan fingerprint density at radius 3 is 3.21 bits per heavy atom. The van der Waals surface area contributed by atoms with E-state index in [1.807, 2.05) is 10.8 Å². The van der Waals surface area contributed by atoms with Gasteiger partial charge in [0.1, 0.15) is 12.7 Å². The summed E-state index contributed by atoms with van der Waals surface area (Å²) in [6.07, 6.45) is 5.95. The summed E-state index contributed by atoms with van der Waals surface area (Å²) in [7, 11) is 0. The molecule has 2 aromatic heterocycles. The van der Waals surface area contributed by atoms with Crippen LogP contribution >= 0.6 is 0 Å². The Kier molecular flexibility index (Phi) is 2.66. The van der Waals surface area contributed by atoms with Crippen LogP contribution in [0.3, 0.4) is 0 Å². The van der Waals surface area contributed by atoms with Crippen LogP contribution in [0.4, 0.5) is 5.82 Å². The highest BCUT2D eigenvalue weighted by atomic mass is 16.5. The van der Waals surface area contributed by atoms with Gasteiger partial charge in [-0.15, -0.1) is 0 Å². The van der Waals surface area contributed by atoms with Crippen LogP contribution in [0.1, 0.15) is 13.3 Å². The lowest BCUT2D eigenvalue weighted by Crippen LogP contribution is -2.01. The van der Waals surface area contributed by atoms with Gasteiger partial charge in [-0.3, -0.25) is 9.36 Å². The normalized spacial score (nSPS) is 19.8. The molecule has 1 saturated carbocycles. The second-order valence-electron chi connectivity index (χ2n) is 4.49. The van der Waals surface area contributed by atoms with E-state index >= 15 is 0 Å². The maximum Gasteiger partial charge on any atom is 0.302 e. The number of fused-ring (bicyclic) bond motifs is 1. The molecule has 1 atom stereocenters. The lowest BCUT2D eigenvalue weighted by atomic mass is 10.4. The summed E-state index contributed by atoms with van der Waals surface area (Å²) in [5.41, 5.74) is 8.20. The van der Waals surface area contributed by atoms with Gasteiger partial charge in [-0.2, -0.15) is 0 Å². The minimum Gasteiger partial charge on any atom is -0.465 e. The monoisotopic (exact) mass is 259 g/mol. The van der Waals surface area contributed by atoms with Crippen molar-refractivity contribution in [1.29, 1.82) is 0 Å². The molecular formula is C12H13N5O2. The Hall–Kier alpha value is -2.44. The van der Waals surface area contributed by atoms with Crippen LogP contribution in [0.25, 0.3) is 17.4 Å². The highest BCUT2D eigenvalue weighted by molar-refractivity contribution is 5.82. The van der Waals surface area contributed by atoms with Crippen molar-refractivity contribution >= 4 is 29.2 Å². The lowest BCUT2D eigenvalue weighted by Gasteiger charge is -1.98. The zero-order valence-electron chi connectivity index (χ0n) is 10.4. The first-order valence-corrected chi connectivity index (χ1v) is 5.92. The number of ether oxygens (including phenoxy) is 1. The Morgan fingerprint density at radius 2 is 2.42 bits per heavy atom. The molecule has 0 unspecified atom stereocenters. The zero-order chi connectivity index (χ0) is 13.4. The van der Waals surface area contributed by atoms with E-state index in [1.165, 1.54) is 18.8 Å². The quantitative estimate of drug-likeness (QED) is 0.820. The van der Waals surface area contributed by atoms with Crippen molar-refractivity contribution in [2.45, 2.75) is 13.3 Å². The number of carbonyl (C=O) groups is 1. The van der Waals surface area contributed by atoms with Crippen LogP contribution in [0.15, 0.2) is 18.2 Å². The first-order valence-electron chi connectivity index (χ1n) is 5.92. The van der Waals surface area contributed by atoms with Gasteiger partial charge in [0.2, 0.25) is 0 Å². The minimum absolute atomic E-state index is 0.250. The molecule has 2 heterocycles. The number of anilines is 1. The molecule has 0 radical (unpaired) electrons. The Morgan fingerprint density at radius 1 is 1.58 bits per heavy atom. The first-order chi connectivity index (χ1) is 9.15. The van der Waals surface area contributed by atoms with E-state index in [9.17, 15) is 4.79 Å². The average Bonchev–Trinajstić information content (AvgIpc) is 2.98. The maximum atomic E-state index is 10.7. The SMILES string of the molecule is CC(=O)OC[C@@H]1C/C1=C/n1cnc2c(N)ncnc21. The molecule has 0 aromatic carbocycles. The molecule has 0 amide bonds. The Bertz CT molecular complexity index is 676. The number of nitrogens with zero attached hydrogens (tertiary/aromatic N) is 4. The summed E-state index contributed by atoms with van der Waals surface area (Å²) in [4.78, 5) is 23.0. The highest BCUT2D eigenvalue weighted by Crippen LogP contribution is 2.38. The van der Waals surface area contributed by atoms with Gasteiger partial charge >= 0.3 is 5.97 Å². The van der Waals surface area contributed by atoms with Gasteiger partial charge < -0.3 is 10.5 Å². The third kappa shape index (κ3) is 2.26. The third-order valence-electron chi connectivity index (χ3n) is 3.03. The largest absolute Gasteiger partial charge is 0.465 e. The Balaban J connectivity index is 1.80. The molecule has 7 nitrogen and oxygen atoms in total. The molecule has 2 aromatic rings. The molecule has 1 fully saturated rings. The topological polar surface area (TPSA) is 95.9 Å². The van der Waals surface area contributed by atoms with Gasteiger partial charge in [-0.25, -0.2) is 15.0 Å². The minimum atomic E-state index is -0.250. The van der Waals surface area contributed by atoms with Crippen molar-refractivity contribution < 1.29 is 9.53 Å². The third-order valence-corrected chi connectivity index (χ3v) is 3.03. The number of carbonyl (C=O) groups excluding carboxylic acids is 1. The summed E-state index contributed by atoms with van der Waals surface area (Å²) >= 11 is 0. The van der Waals surface area contributed by atoms with Gasteiger partial charge in [-0.05, 0) is 12.0 Å². The van der Waals surface area contributed by atoms with E-state index in [4.69, 9.17) is 10.5 Å². The second kappa shape index (κ2) is 4.34. The van der Waals surface area contributed by atoms with Crippen LogP contribution < -0.4 is 5.73 Å². The Labute approximate surface area is 109 Å². The molecule has 1 aliphatic carbocycles. The molecule has 98 valence electrons. The van der Waals surface area contributed by atoms with Crippen molar-refractivity contribution in [1.82, 2.24) is 19.5 Å². The molecule has 1 aliphatic rings. The molecule has 0 saturated heterocycles. The molecule has 2 N–H and O–H groups in total. The molecule has 19 heavy (non-hydrogen) atoms. The number of hydrogen-bond acceptors (Lipinski definition) is 6. The van der Waals surface area contributed by atoms with Crippen LogP contribution in [0.2, 0.25) is 0 Å². The fourth-order valence-corrected chi connectivity index (χ4v) is 1.91.